The monoisotopic (exact) mass is 581 g/mol. The Balaban J connectivity index is 0.000000517. The molecule has 0 spiro atoms. The van der Waals surface area contributed by atoms with Gasteiger partial charge < -0.3 is 15.8 Å². The van der Waals surface area contributed by atoms with E-state index in [0.29, 0.717) is 23.6 Å². The molecule has 42 heavy (non-hydrogen) atoms. The molecule has 1 aliphatic rings. The Labute approximate surface area is 240 Å². The van der Waals surface area contributed by atoms with Crippen LogP contribution in [0.5, 0.6) is 0 Å². The largest absolute Gasteiger partial charge is 0.416 e. The number of pyridine rings is 1. The van der Waals surface area contributed by atoms with Crippen LogP contribution in [0, 0.1) is 0 Å². The van der Waals surface area contributed by atoms with Crippen molar-refractivity contribution in [2.75, 3.05) is 38.4 Å². The van der Waals surface area contributed by atoms with Crippen molar-refractivity contribution in [3.8, 4) is 11.3 Å². The van der Waals surface area contributed by atoms with E-state index in [4.69, 9.17) is 10.7 Å². The molecular formula is C29H30F3N7O3. The van der Waals surface area contributed by atoms with E-state index >= 15 is 0 Å². The molecule has 1 aromatic carbocycles. The van der Waals surface area contributed by atoms with Crippen LogP contribution in [0.4, 0.5) is 24.8 Å². The van der Waals surface area contributed by atoms with Crippen molar-refractivity contribution in [2.45, 2.75) is 25.1 Å². The maximum absolute atomic E-state index is 12.9. The zero-order valence-corrected chi connectivity index (χ0v) is 23.0. The second-order valence-corrected chi connectivity index (χ2v) is 9.47. The average Bonchev–Trinajstić information content (AvgIpc) is 3.57. The summed E-state index contributed by atoms with van der Waals surface area (Å²) in [4.78, 5) is 37.3. The maximum atomic E-state index is 12.9. The number of allylic oxidation sites excluding steroid dienone is 1. The number of nitrogens with one attached hydrogen (secondary N) is 1. The van der Waals surface area contributed by atoms with E-state index in [0.717, 1.165) is 55.4 Å². The number of halogens is 3. The van der Waals surface area contributed by atoms with Gasteiger partial charge >= 0.3 is 6.18 Å². The number of aromatic nitrogens is 4. The highest BCUT2D eigenvalue weighted by Gasteiger charge is 2.31. The number of hydrogen-bond donors (Lipinski definition) is 2. The third kappa shape index (κ3) is 6.98. The molecular weight excluding hydrogens is 551 g/mol. The van der Waals surface area contributed by atoms with Crippen molar-refractivity contribution in [3.63, 3.8) is 0 Å². The molecule has 4 aromatic rings. The Bertz CT molecular complexity index is 1570. The van der Waals surface area contributed by atoms with E-state index < -0.39 is 17.6 Å². The second-order valence-electron chi connectivity index (χ2n) is 9.47. The first-order valence-corrected chi connectivity index (χ1v) is 13.0. The van der Waals surface area contributed by atoms with Crippen LogP contribution in [-0.2, 0) is 15.7 Å². The van der Waals surface area contributed by atoms with E-state index in [2.05, 4.69) is 32.0 Å². The quantitative estimate of drug-likeness (QED) is 0.235. The van der Waals surface area contributed by atoms with Crippen LogP contribution in [0.15, 0.2) is 67.1 Å². The first kappa shape index (κ1) is 30.3. The minimum atomic E-state index is -4.53. The summed E-state index contributed by atoms with van der Waals surface area (Å²) in [6.45, 7) is 1.50. The molecule has 13 heteroatoms. The van der Waals surface area contributed by atoms with Gasteiger partial charge in [-0.05, 0) is 56.8 Å². The van der Waals surface area contributed by atoms with Gasteiger partial charge in [-0.25, -0.2) is 15.0 Å². The minimum Gasteiger partial charge on any atom is -0.382 e. The van der Waals surface area contributed by atoms with Gasteiger partial charge in [0.15, 0.2) is 0 Å². The summed E-state index contributed by atoms with van der Waals surface area (Å²) in [7, 11) is 3.64. The first-order valence-electron chi connectivity index (χ1n) is 13.0. The second kappa shape index (κ2) is 13.4. The number of nitrogens with zero attached hydrogens (tertiary/aromatic N) is 5. The maximum Gasteiger partial charge on any atom is 0.416 e. The Morgan fingerprint density at radius 2 is 1.95 bits per heavy atom. The lowest BCUT2D eigenvalue weighted by Gasteiger charge is -2.18. The molecule has 0 saturated carbocycles. The number of rotatable bonds is 7. The van der Waals surface area contributed by atoms with Crippen LogP contribution >= 0.6 is 0 Å². The van der Waals surface area contributed by atoms with Gasteiger partial charge in [0.25, 0.3) is 5.91 Å². The van der Waals surface area contributed by atoms with Crippen molar-refractivity contribution < 1.29 is 27.5 Å². The summed E-state index contributed by atoms with van der Waals surface area (Å²) < 4.78 is 45.4. The number of amides is 1. The lowest BCUT2D eigenvalue weighted by atomic mass is 10.1. The minimum absolute atomic E-state index is 0.156. The van der Waals surface area contributed by atoms with Gasteiger partial charge in [-0.2, -0.15) is 13.2 Å². The molecule has 5 rings (SSSR count). The highest BCUT2D eigenvalue weighted by molar-refractivity contribution is 6.04. The molecule has 3 N–H and O–H groups in total. The number of nitrogen functional groups attached to an aromatic ring is 1. The number of nitrogens with two attached hydrogens (primary N) is 1. The highest BCUT2D eigenvalue weighted by atomic mass is 19.4. The van der Waals surface area contributed by atoms with Gasteiger partial charge in [0, 0.05) is 36.8 Å². The fourth-order valence-electron chi connectivity index (χ4n) is 4.61. The number of carbonyl (C=O) groups excluding carboxylic acids is 2. The third-order valence-corrected chi connectivity index (χ3v) is 6.66. The normalized spacial score (nSPS) is 15.5. The van der Waals surface area contributed by atoms with E-state index in [1.54, 1.807) is 43.6 Å². The van der Waals surface area contributed by atoms with E-state index in [1.807, 2.05) is 10.6 Å². The fraction of sp³-hybridized carbons (Fsp3) is 0.276. The third-order valence-electron chi connectivity index (χ3n) is 6.66. The molecule has 1 amide bonds. The molecule has 10 nitrogen and oxygen atoms in total. The van der Waals surface area contributed by atoms with Gasteiger partial charge in [-0.1, -0.05) is 18.2 Å². The Hall–Kier alpha value is -4.62. The van der Waals surface area contributed by atoms with Crippen LogP contribution in [0.25, 0.3) is 16.8 Å². The number of carbonyl (C=O) groups is 2. The number of methoxy groups -OCH3 is 1. The Morgan fingerprint density at radius 1 is 1.19 bits per heavy atom. The molecule has 4 heterocycles. The summed E-state index contributed by atoms with van der Waals surface area (Å²) in [5.41, 5.74) is 7.66. The number of fused-ring (bicyclic) bond motifs is 1. The highest BCUT2D eigenvalue weighted by Crippen LogP contribution is 2.35. The topological polar surface area (TPSA) is 128 Å². The van der Waals surface area contributed by atoms with Crippen molar-refractivity contribution in [1.82, 2.24) is 24.3 Å². The van der Waals surface area contributed by atoms with Crippen molar-refractivity contribution in [1.29, 1.82) is 0 Å². The number of ether oxygens (including phenoxy) is 1. The molecule has 0 aliphatic carbocycles. The van der Waals surface area contributed by atoms with Crippen molar-refractivity contribution in [3.05, 3.63) is 84.1 Å². The van der Waals surface area contributed by atoms with Crippen molar-refractivity contribution >= 4 is 29.3 Å². The number of benzene rings is 1. The van der Waals surface area contributed by atoms with E-state index in [9.17, 15) is 22.8 Å². The van der Waals surface area contributed by atoms with Gasteiger partial charge in [0.1, 0.15) is 35.0 Å². The predicted molar refractivity (Wildman–Crippen MR) is 152 cm³/mol. The number of imidazole rings is 1. The summed E-state index contributed by atoms with van der Waals surface area (Å²) in [6, 6.07) is 8.41. The number of likely N-dealkylation sites (tertiary alicyclic amines) is 1. The first-order chi connectivity index (χ1) is 20.1. The summed E-state index contributed by atoms with van der Waals surface area (Å²) in [5, 5.41) is 2.41. The molecule has 1 aliphatic heterocycles. The van der Waals surface area contributed by atoms with Crippen LogP contribution in [-0.4, -0.2) is 63.8 Å². The summed E-state index contributed by atoms with van der Waals surface area (Å²) in [5.74, 6) is 0.464. The van der Waals surface area contributed by atoms with Gasteiger partial charge in [0.05, 0.1) is 18.2 Å². The molecule has 220 valence electrons. The molecule has 1 atom stereocenters. The van der Waals surface area contributed by atoms with Crippen molar-refractivity contribution in [2.24, 2.45) is 0 Å². The molecule has 0 bridgehead atoms. The van der Waals surface area contributed by atoms with E-state index in [1.165, 1.54) is 6.08 Å². The van der Waals surface area contributed by atoms with Crippen LogP contribution in [0.2, 0.25) is 0 Å². The number of aldehydes is 1. The van der Waals surface area contributed by atoms with Gasteiger partial charge in [-0.15, -0.1) is 0 Å². The SMILES string of the molecule is CN1CCCC1c1nc(-c2ccc(C(=O)Nc3cc(C(F)(F)F)ccn3)cc2)c2c(N)nccn12.COC/C=C/C=O. The molecule has 1 saturated heterocycles. The smallest absolute Gasteiger partial charge is 0.382 e. The zero-order chi connectivity index (χ0) is 30.3. The van der Waals surface area contributed by atoms with Crippen LogP contribution < -0.4 is 11.1 Å². The standard InChI is InChI=1S/C24H22F3N7O.C5H8O2/c1-33-11-2-3-17(33)22-32-19(20-21(28)30-10-12-34(20)22)14-4-6-15(7-5-14)23(35)31-18-13-16(8-9-29-18)24(25,26)27;1-7-5-3-2-4-6/h4-10,12-13,17H,2-3,11H2,1H3,(H2,28,30)(H,29,31,35);2-4H,5H2,1H3/b;3-2+. The van der Waals surface area contributed by atoms with E-state index in [-0.39, 0.29) is 17.4 Å². The zero-order valence-electron chi connectivity index (χ0n) is 23.0. The number of hydrogen-bond acceptors (Lipinski definition) is 8. The predicted octanol–water partition coefficient (Wildman–Crippen LogP) is 4.80. The van der Waals surface area contributed by atoms with Gasteiger partial charge in [-0.3, -0.25) is 18.9 Å². The average molecular weight is 582 g/mol. The number of anilines is 2. The molecule has 1 unspecified atom stereocenters. The summed E-state index contributed by atoms with van der Waals surface area (Å²) in [6.07, 6.45) is 5.80. The Kier molecular flexibility index (Phi) is 9.65. The Morgan fingerprint density at radius 3 is 2.60 bits per heavy atom. The summed E-state index contributed by atoms with van der Waals surface area (Å²) >= 11 is 0. The lowest BCUT2D eigenvalue weighted by molar-refractivity contribution is -0.137. The number of alkyl halides is 3. The molecule has 0 radical (unpaired) electrons. The van der Waals surface area contributed by atoms with Gasteiger partial charge in [0.2, 0.25) is 0 Å². The molecule has 1 fully saturated rings. The fourth-order valence-corrected chi connectivity index (χ4v) is 4.61. The van der Waals surface area contributed by atoms with Crippen LogP contribution in [0.3, 0.4) is 0 Å². The van der Waals surface area contributed by atoms with Crippen LogP contribution in [0.1, 0.15) is 40.6 Å². The lowest BCUT2D eigenvalue weighted by Crippen LogP contribution is -2.19. The molecule has 3 aromatic heterocycles.